The van der Waals surface area contributed by atoms with Gasteiger partial charge in [-0.1, -0.05) is 23.9 Å². The maximum atomic E-state index is 13.8. The van der Waals surface area contributed by atoms with Crippen LogP contribution in [0.25, 0.3) is 11.0 Å². The third kappa shape index (κ3) is 6.75. The van der Waals surface area contributed by atoms with Crippen molar-refractivity contribution >= 4 is 64.2 Å². The summed E-state index contributed by atoms with van der Waals surface area (Å²) in [5, 5.41) is 54.3. The van der Waals surface area contributed by atoms with Gasteiger partial charge in [0.2, 0.25) is 22.2 Å². The molecule has 2 aromatic carbocycles. The second-order valence-electron chi connectivity index (χ2n) is 11.0. The fourth-order valence-electron chi connectivity index (χ4n) is 5.27. The number of thioether (sulfide) groups is 2. The van der Waals surface area contributed by atoms with Crippen molar-refractivity contribution in [2.24, 2.45) is 7.05 Å². The molecule has 4 heterocycles. The third-order valence-corrected chi connectivity index (χ3v) is 10.2. The summed E-state index contributed by atoms with van der Waals surface area (Å²) in [6.07, 6.45) is 0.749. The number of phenolic OH excluding ortho intramolecular Hbond substituents is 2. The van der Waals surface area contributed by atoms with Gasteiger partial charge >= 0.3 is 11.9 Å². The number of ether oxygens (including phenoxy) is 1. The number of phenols is 2. The molecule has 21 heteroatoms. The fourth-order valence-corrected chi connectivity index (χ4v) is 7.60. The van der Waals surface area contributed by atoms with Gasteiger partial charge in [0.1, 0.15) is 40.7 Å². The number of carbonyl (C=O) groups excluding carboxylic acids is 3. The Morgan fingerprint density at radius 3 is 2.53 bits per heavy atom. The predicted molar refractivity (Wildman–Crippen MR) is 175 cm³/mol. The highest BCUT2D eigenvalue weighted by Crippen LogP contribution is 2.41. The van der Waals surface area contributed by atoms with E-state index in [0.29, 0.717) is 10.7 Å². The normalized spacial score (nSPS) is 17.4. The molecule has 6 rings (SSSR count). The first-order valence-corrected chi connectivity index (χ1v) is 16.7. The highest BCUT2D eigenvalue weighted by Gasteiger charge is 2.54. The molecular formula is C30H25N7O12S2. The van der Waals surface area contributed by atoms with Crippen LogP contribution in [0, 0.1) is 0 Å². The van der Waals surface area contributed by atoms with E-state index in [1.807, 2.05) is 0 Å². The van der Waals surface area contributed by atoms with Gasteiger partial charge in [-0.25, -0.2) is 14.3 Å². The molecule has 3 amide bonds. The number of aromatic nitrogens is 4. The number of aromatic hydroxyl groups is 2. The second kappa shape index (κ2) is 14.0. The molecule has 264 valence electrons. The topological polar surface area (TPSA) is 277 Å². The summed E-state index contributed by atoms with van der Waals surface area (Å²) in [5.41, 5.74) is -1.45. The summed E-state index contributed by atoms with van der Waals surface area (Å²) < 4.78 is 11.8. The van der Waals surface area contributed by atoms with Crippen LogP contribution >= 0.6 is 23.5 Å². The minimum atomic E-state index is -1.55. The molecule has 1 fully saturated rings. The molecule has 2 aliphatic heterocycles. The largest absolute Gasteiger partial charge is 0.504 e. The number of nitrogens with one attached hydrogen (secondary N) is 2. The minimum Gasteiger partial charge on any atom is -0.504 e. The average Bonchev–Trinajstić information content (AvgIpc) is 3.53. The summed E-state index contributed by atoms with van der Waals surface area (Å²) in [7, 11) is 1.62. The van der Waals surface area contributed by atoms with Crippen LogP contribution in [0.4, 0.5) is 0 Å². The Hall–Kier alpha value is -6.09. The number of benzene rings is 2. The van der Waals surface area contributed by atoms with Gasteiger partial charge in [-0.05, 0) is 45.8 Å². The zero-order valence-electron chi connectivity index (χ0n) is 26.0. The van der Waals surface area contributed by atoms with E-state index in [1.165, 1.54) is 52.5 Å². The lowest BCUT2D eigenvalue weighted by Crippen LogP contribution is -2.71. The van der Waals surface area contributed by atoms with E-state index in [4.69, 9.17) is 14.3 Å². The lowest BCUT2D eigenvalue weighted by molar-refractivity contribution is -0.151. The molecule has 2 aromatic heterocycles. The Labute approximate surface area is 293 Å². The number of aliphatic carboxylic acids is 2. The Bertz CT molecular complexity index is 2190. The number of tetrazole rings is 1. The molecule has 4 aromatic rings. The number of carboxylic acids is 2. The first kappa shape index (κ1) is 34.8. The molecule has 0 bridgehead atoms. The quantitative estimate of drug-likeness (QED) is 0.0643. The van der Waals surface area contributed by atoms with Crippen LogP contribution in [0.15, 0.2) is 68.3 Å². The summed E-state index contributed by atoms with van der Waals surface area (Å²) >= 11 is 2.41. The molecule has 0 spiro atoms. The monoisotopic (exact) mass is 739 g/mol. The molecule has 0 saturated carbocycles. The molecule has 1 unspecified atom stereocenters. The van der Waals surface area contributed by atoms with Crippen LogP contribution in [0.5, 0.6) is 17.2 Å². The van der Waals surface area contributed by atoms with Crippen LogP contribution < -0.4 is 20.8 Å². The molecular weight excluding hydrogens is 715 g/mol. The highest BCUT2D eigenvalue weighted by molar-refractivity contribution is 8.01. The first-order chi connectivity index (χ1) is 24.3. The molecule has 6 N–H and O–H groups in total. The van der Waals surface area contributed by atoms with Crippen LogP contribution in [0.3, 0.4) is 0 Å². The van der Waals surface area contributed by atoms with Gasteiger partial charge in [0, 0.05) is 18.6 Å². The number of hydrogen-bond acceptors (Lipinski definition) is 15. The molecule has 19 nitrogen and oxygen atoms in total. The Morgan fingerprint density at radius 2 is 1.86 bits per heavy atom. The van der Waals surface area contributed by atoms with Gasteiger partial charge in [0.05, 0.1) is 5.39 Å². The maximum absolute atomic E-state index is 13.8. The van der Waals surface area contributed by atoms with Crippen LogP contribution in [0.1, 0.15) is 22.0 Å². The standard InChI is InChI=1S/C30H25N7O12S2/c1-36-30(33-34-35-36)51-11-13-10-50-28-20(27(45)37(28)21(13)29(46)47)32-26(44)19(12-2-4-14(5-3-12)48-9-18(39)40)31-25(43)16-8-49-24-15(22(16)41)6-7-17(38)23(24)42/h2-8,19-20,28,38,42H,9-11H2,1H3,(H,31,43)(H,32,44)(H,39,40)(H,46,47)/t19?,20-,28-/m1/s1. The lowest BCUT2D eigenvalue weighted by atomic mass is 10.0. The number of carbonyl (C=O) groups is 5. The summed E-state index contributed by atoms with van der Waals surface area (Å²) in [4.78, 5) is 78.1. The summed E-state index contributed by atoms with van der Waals surface area (Å²) in [5.74, 6) is -5.99. The molecule has 0 aliphatic carbocycles. The van der Waals surface area contributed by atoms with Gasteiger partial charge in [-0.15, -0.1) is 16.9 Å². The molecule has 51 heavy (non-hydrogen) atoms. The van der Waals surface area contributed by atoms with E-state index in [0.717, 1.165) is 23.3 Å². The van der Waals surface area contributed by atoms with Crippen molar-refractivity contribution in [3.05, 3.63) is 75.3 Å². The minimum absolute atomic E-state index is 0.130. The van der Waals surface area contributed by atoms with Crippen molar-refractivity contribution in [1.29, 1.82) is 0 Å². The lowest BCUT2D eigenvalue weighted by Gasteiger charge is -2.49. The number of β-lactam (4-membered cyclic amide) rings is 1. The van der Waals surface area contributed by atoms with Crippen molar-refractivity contribution in [2.45, 2.75) is 22.6 Å². The van der Waals surface area contributed by atoms with E-state index in [2.05, 4.69) is 26.2 Å². The van der Waals surface area contributed by atoms with Gasteiger partial charge in [-0.2, -0.15) is 0 Å². The van der Waals surface area contributed by atoms with Crippen LogP contribution in [-0.4, -0.2) is 105 Å². The number of hydrogen-bond donors (Lipinski definition) is 6. The van der Waals surface area contributed by atoms with Gasteiger partial charge in [-0.3, -0.25) is 24.1 Å². The van der Waals surface area contributed by atoms with E-state index in [-0.39, 0.29) is 39.5 Å². The molecule has 0 radical (unpaired) electrons. The van der Waals surface area contributed by atoms with Crippen molar-refractivity contribution in [3.8, 4) is 17.2 Å². The van der Waals surface area contributed by atoms with Crippen molar-refractivity contribution in [3.63, 3.8) is 0 Å². The Morgan fingerprint density at radius 1 is 1.12 bits per heavy atom. The van der Waals surface area contributed by atoms with E-state index in [9.17, 15) is 44.1 Å². The molecule has 2 aliphatic rings. The summed E-state index contributed by atoms with van der Waals surface area (Å²) in [6.45, 7) is -0.644. The SMILES string of the molecule is Cn1nnnc1SCC1=C(C(=O)O)N2C(=O)[C@@H](NC(=O)C(NC(=O)c3coc4c(O)c(O)ccc4c3=O)c3ccc(OCC(=O)O)cc3)[C@H]2SC1. The number of fused-ring (bicyclic) bond motifs is 2. The second-order valence-corrected chi connectivity index (χ2v) is 13.0. The molecule has 1 saturated heterocycles. The van der Waals surface area contributed by atoms with Crippen LogP contribution in [0.2, 0.25) is 0 Å². The zero-order chi connectivity index (χ0) is 36.6. The average molecular weight is 740 g/mol. The van der Waals surface area contributed by atoms with Crippen LogP contribution in [-0.2, 0) is 26.2 Å². The van der Waals surface area contributed by atoms with Crippen molar-refractivity contribution in [2.75, 3.05) is 18.1 Å². The Balaban J connectivity index is 1.24. The fraction of sp³-hybridized carbons (Fsp3) is 0.233. The van der Waals surface area contributed by atoms with Crippen molar-refractivity contribution < 1.29 is 53.6 Å². The van der Waals surface area contributed by atoms with E-state index in [1.54, 1.807) is 7.05 Å². The van der Waals surface area contributed by atoms with E-state index < -0.39 is 76.2 Å². The number of aryl methyl sites for hydroxylation is 1. The maximum Gasteiger partial charge on any atom is 0.352 e. The first-order valence-electron chi connectivity index (χ1n) is 14.6. The smallest absolute Gasteiger partial charge is 0.352 e. The number of carboxylic acid groups (broad SMARTS) is 2. The van der Waals surface area contributed by atoms with E-state index >= 15 is 0 Å². The predicted octanol–water partition coefficient (Wildman–Crippen LogP) is 0.193. The summed E-state index contributed by atoms with van der Waals surface area (Å²) in [6, 6.07) is 4.84. The van der Waals surface area contributed by atoms with Crippen molar-refractivity contribution in [1.82, 2.24) is 35.7 Å². The number of nitrogens with zero attached hydrogens (tertiary/aromatic N) is 5. The Kier molecular flexibility index (Phi) is 9.56. The molecule has 3 atom stereocenters. The number of amides is 3. The highest BCUT2D eigenvalue weighted by atomic mass is 32.2. The third-order valence-electron chi connectivity index (χ3n) is 7.76. The zero-order valence-corrected chi connectivity index (χ0v) is 27.6. The van der Waals surface area contributed by atoms with Gasteiger partial charge < -0.3 is 40.2 Å². The number of rotatable bonds is 12. The van der Waals surface area contributed by atoms with Gasteiger partial charge in [0.15, 0.2) is 17.9 Å². The van der Waals surface area contributed by atoms with Gasteiger partial charge in [0.25, 0.3) is 11.8 Å².